The molecule has 0 bridgehead atoms. The van der Waals surface area contributed by atoms with E-state index in [0.717, 1.165) is 0 Å². The Morgan fingerprint density at radius 2 is 2.05 bits per heavy atom. The highest BCUT2D eigenvalue weighted by Gasteiger charge is 2.16. The molecule has 3 aromatic rings. The lowest BCUT2D eigenvalue weighted by atomic mass is 10.1. The minimum Gasteiger partial charge on any atom is -0.450 e. The number of hydrogen-bond donors (Lipinski definition) is 1. The molecule has 0 spiro atoms. The van der Waals surface area contributed by atoms with E-state index < -0.39 is 6.09 Å². The molecule has 0 fully saturated rings. The van der Waals surface area contributed by atoms with Gasteiger partial charge in [0.2, 0.25) is 0 Å². The molecule has 5 nitrogen and oxygen atoms in total. The molecular weight excluding hydrogens is 285 g/mol. The summed E-state index contributed by atoms with van der Waals surface area (Å²) in [7, 11) is 0. The third-order valence-corrected chi connectivity index (χ3v) is 3.14. The first-order valence-electron chi connectivity index (χ1n) is 6.86. The molecular formula is C16H14FN3O2. The average molecular weight is 299 g/mol. The van der Waals surface area contributed by atoms with Crippen LogP contribution in [0.15, 0.2) is 48.7 Å². The first kappa shape index (κ1) is 14.1. The number of pyridine rings is 1. The number of fused-ring (bicyclic) bond motifs is 1. The van der Waals surface area contributed by atoms with E-state index in [1.807, 2.05) is 18.2 Å². The third kappa shape index (κ3) is 2.63. The van der Waals surface area contributed by atoms with Crippen molar-refractivity contribution in [3.8, 4) is 11.3 Å². The number of rotatable bonds is 3. The van der Waals surface area contributed by atoms with Crippen molar-refractivity contribution in [2.75, 3.05) is 11.9 Å². The summed E-state index contributed by atoms with van der Waals surface area (Å²) in [6.45, 7) is 2.00. The summed E-state index contributed by atoms with van der Waals surface area (Å²) in [6.07, 6.45) is 1.23. The highest BCUT2D eigenvalue weighted by Crippen LogP contribution is 2.28. The van der Waals surface area contributed by atoms with Gasteiger partial charge in [0.25, 0.3) is 0 Å². The Balaban J connectivity index is 2.11. The topological polar surface area (TPSA) is 55.6 Å². The number of anilines is 1. The number of hydrogen-bond acceptors (Lipinski definition) is 3. The molecule has 2 heterocycles. The lowest BCUT2D eigenvalue weighted by Gasteiger charge is -2.07. The van der Waals surface area contributed by atoms with Crippen LogP contribution in [0.2, 0.25) is 0 Å². The van der Waals surface area contributed by atoms with Crippen molar-refractivity contribution in [3.05, 3.63) is 54.5 Å². The molecule has 0 atom stereocenters. The summed E-state index contributed by atoms with van der Waals surface area (Å²) < 4.78 is 19.8. The molecule has 0 saturated heterocycles. The van der Waals surface area contributed by atoms with Gasteiger partial charge in [-0.2, -0.15) is 0 Å². The number of ether oxygens (including phenoxy) is 1. The molecule has 0 aliphatic heterocycles. The lowest BCUT2D eigenvalue weighted by molar-refractivity contribution is 0.168. The van der Waals surface area contributed by atoms with Crippen LogP contribution in [0.1, 0.15) is 6.92 Å². The van der Waals surface area contributed by atoms with Crippen LogP contribution < -0.4 is 5.32 Å². The summed E-state index contributed by atoms with van der Waals surface area (Å²) in [5.41, 5.74) is 1.93. The smallest absolute Gasteiger partial charge is 0.412 e. The highest BCUT2D eigenvalue weighted by atomic mass is 19.1. The number of carbonyl (C=O) groups excluding carboxylic acids is 1. The number of amides is 1. The summed E-state index contributed by atoms with van der Waals surface area (Å²) in [5.74, 6) is 0.160. The van der Waals surface area contributed by atoms with Crippen LogP contribution in [-0.2, 0) is 4.74 Å². The van der Waals surface area contributed by atoms with E-state index in [-0.39, 0.29) is 12.4 Å². The Kier molecular flexibility index (Phi) is 3.74. The van der Waals surface area contributed by atoms with E-state index in [2.05, 4.69) is 10.3 Å². The molecule has 0 aliphatic carbocycles. The van der Waals surface area contributed by atoms with Crippen molar-refractivity contribution in [1.29, 1.82) is 0 Å². The third-order valence-electron chi connectivity index (χ3n) is 3.14. The van der Waals surface area contributed by atoms with Crippen molar-refractivity contribution in [1.82, 2.24) is 9.38 Å². The number of aromatic nitrogens is 2. The van der Waals surface area contributed by atoms with Gasteiger partial charge in [-0.1, -0.05) is 6.07 Å². The lowest BCUT2D eigenvalue weighted by Crippen LogP contribution is -2.15. The molecule has 3 rings (SSSR count). The van der Waals surface area contributed by atoms with E-state index in [9.17, 15) is 9.18 Å². The summed E-state index contributed by atoms with van der Waals surface area (Å²) in [4.78, 5) is 16.3. The number of nitrogens with zero attached hydrogens (tertiary/aromatic N) is 2. The van der Waals surface area contributed by atoms with Gasteiger partial charge in [0, 0.05) is 11.8 Å². The van der Waals surface area contributed by atoms with Crippen LogP contribution in [0.4, 0.5) is 15.0 Å². The van der Waals surface area contributed by atoms with Crippen LogP contribution in [-0.4, -0.2) is 22.1 Å². The second-order valence-electron chi connectivity index (χ2n) is 4.59. The SMILES string of the molecule is CCOC(=O)Nc1c(-c2ccc(F)cc2)nc2ccccn12. The van der Waals surface area contributed by atoms with Crippen molar-refractivity contribution >= 4 is 17.6 Å². The molecule has 1 N–H and O–H groups in total. The van der Waals surface area contributed by atoms with Gasteiger partial charge in [0.1, 0.15) is 23.0 Å². The molecule has 6 heteroatoms. The summed E-state index contributed by atoms with van der Waals surface area (Å²) in [5, 5.41) is 2.69. The number of nitrogens with one attached hydrogen (secondary N) is 1. The van der Waals surface area contributed by atoms with Crippen LogP contribution in [0.25, 0.3) is 16.9 Å². The van der Waals surface area contributed by atoms with Crippen LogP contribution >= 0.6 is 0 Å². The molecule has 0 saturated carbocycles. The largest absolute Gasteiger partial charge is 0.450 e. The molecule has 0 radical (unpaired) electrons. The molecule has 2 aromatic heterocycles. The maximum absolute atomic E-state index is 13.1. The van der Waals surface area contributed by atoms with E-state index in [4.69, 9.17) is 4.74 Å². The highest BCUT2D eigenvalue weighted by molar-refractivity contribution is 5.90. The number of benzene rings is 1. The van der Waals surface area contributed by atoms with Crippen molar-refractivity contribution in [3.63, 3.8) is 0 Å². The van der Waals surface area contributed by atoms with Crippen molar-refractivity contribution in [2.45, 2.75) is 6.92 Å². The van der Waals surface area contributed by atoms with Gasteiger partial charge >= 0.3 is 6.09 Å². The summed E-state index contributed by atoms with van der Waals surface area (Å²) in [6, 6.07) is 11.5. The Morgan fingerprint density at radius 3 is 2.77 bits per heavy atom. The van der Waals surface area contributed by atoms with Gasteiger partial charge in [-0.25, -0.2) is 14.2 Å². The van der Waals surface area contributed by atoms with Gasteiger partial charge in [0.15, 0.2) is 0 Å². The quantitative estimate of drug-likeness (QED) is 0.802. The van der Waals surface area contributed by atoms with E-state index >= 15 is 0 Å². The molecule has 22 heavy (non-hydrogen) atoms. The molecule has 1 aromatic carbocycles. The molecule has 0 unspecified atom stereocenters. The zero-order valence-electron chi connectivity index (χ0n) is 11.9. The Morgan fingerprint density at radius 1 is 1.27 bits per heavy atom. The fourth-order valence-electron chi connectivity index (χ4n) is 2.19. The van der Waals surface area contributed by atoms with E-state index in [1.54, 1.807) is 29.7 Å². The minimum absolute atomic E-state index is 0.272. The molecule has 1 amide bonds. The van der Waals surface area contributed by atoms with Crippen LogP contribution in [0, 0.1) is 5.82 Å². The number of imidazole rings is 1. The second-order valence-corrected chi connectivity index (χ2v) is 4.59. The van der Waals surface area contributed by atoms with Gasteiger partial charge in [0.05, 0.1) is 6.61 Å². The van der Waals surface area contributed by atoms with E-state index in [0.29, 0.717) is 22.7 Å². The fraction of sp³-hybridized carbons (Fsp3) is 0.125. The van der Waals surface area contributed by atoms with Crippen LogP contribution in [0.3, 0.4) is 0 Å². The Hall–Kier alpha value is -2.89. The average Bonchev–Trinajstić information content (AvgIpc) is 2.87. The minimum atomic E-state index is -0.559. The Labute approximate surface area is 126 Å². The number of carbonyl (C=O) groups is 1. The van der Waals surface area contributed by atoms with E-state index in [1.165, 1.54) is 12.1 Å². The number of halogens is 1. The summed E-state index contributed by atoms with van der Waals surface area (Å²) >= 11 is 0. The zero-order chi connectivity index (χ0) is 15.5. The predicted octanol–water partition coefficient (Wildman–Crippen LogP) is 3.71. The standard InChI is InChI=1S/C16H14FN3O2/c1-2-22-16(21)19-15-14(11-6-8-12(17)9-7-11)18-13-5-3-4-10-20(13)15/h3-10H,2H2,1H3,(H,19,21). The second kappa shape index (κ2) is 5.85. The monoisotopic (exact) mass is 299 g/mol. The first-order valence-corrected chi connectivity index (χ1v) is 6.86. The van der Waals surface area contributed by atoms with Gasteiger partial charge < -0.3 is 4.74 Å². The molecule has 112 valence electrons. The fourth-order valence-corrected chi connectivity index (χ4v) is 2.19. The molecule has 0 aliphatic rings. The van der Waals surface area contributed by atoms with Crippen LogP contribution in [0.5, 0.6) is 0 Å². The van der Waals surface area contributed by atoms with Crippen molar-refractivity contribution in [2.24, 2.45) is 0 Å². The first-order chi connectivity index (χ1) is 10.7. The van der Waals surface area contributed by atoms with Gasteiger partial charge in [-0.15, -0.1) is 0 Å². The maximum Gasteiger partial charge on any atom is 0.412 e. The van der Waals surface area contributed by atoms with Gasteiger partial charge in [-0.05, 0) is 43.3 Å². The maximum atomic E-state index is 13.1. The van der Waals surface area contributed by atoms with Crippen molar-refractivity contribution < 1.29 is 13.9 Å². The normalized spacial score (nSPS) is 10.6. The van der Waals surface area contributed by atoms with Gasteiger partial charge in [-0.3, -0.25) is 9.72 Å². The predicted molar refractivity (Wildman–Crippen MR) is 81.2 cm³/mol. The Bertz CT molecular complexity index is 812. The zero-order valence-corrected chi connectivity index (χ0v) is 11.9.